The van der Waals surface area contributed by atoms with Gasteiger partial charge in [-0.3, -0.25) is 0 Å². The van der Waals surface area contributed by atoms with Crippen LogP contribution < -0.4 is 5.32 Å². The number of piperidine rings is 1. The Morgan fingerprint density at radius 3 is 2.68 bits per heavy atom. The van der Waals surface area contributed by atoms with Crippen LogP contribution in [0.3, 0.4) is 0 Å². The molecule has 0 unspecified atom stereocenters. The topological polar surface area (TPSA) is 71.3 Å². The van der Waals surface area contributed by atoms with Crippen molar-refractivity contribution in [1.82, 2.24) is 15.1 Å². The van der Waals surface area contributed by atoms with Crippen LogP contribution in [0.5, 0.6) is 0 Å². The normalized spacial score (nSPS) is 28.1. The average molecular weight is 455 g/mol. The maximum Gasteiger partial charge on any atom is 0.392 e. The van der Waals surface area contributed by atoms with E-state index < -0.39 is 29.7 Å². The zero-order chi connectivity index (χ0) is 22.0. The third kappa shape index (κ3) is 3.37. The van der Waals surface area contributed by atoms with Gasteiger partial charge in [-0.05, 0) is 55.4 Å². The lowest BCUT2D eigenvalue weighted by molar-refractivity contribution is -0.229. The fourth-order valence-corrected chi connectivity index (χ4v) is 5.49. The first kappa shape index (κ1) is 20.6. The summed E-state index contributed by atoms with van der Waals surface area (Å²) < 4.78 is 46.0. The minimum absolute atomic E-state index is 0.0663. The molecule has 1 N–H and O–H groups in total. The molecule has 1 aromatic heterocycles. The van der Waals surface area contributed by atoms with E-state index in [1.807, 2.05) is 6.07 Å². The summed E-state index contributed by atoms with van der Waals surface area (Å²) in [7, 11) is 0. The highest BCUT2D eigenvalue weighted by Crippen LogP contribution is 2.58. The number of carbonyl (C=O) groups excluding carboxylic acids is 1. The number of aromatic nitrogens is 2. The molecule has 0 radical (unpaired) electrons. The Balaban J connectivity index is 1.42. The largest absolute Gasteiger partial charge is 0.423 e. The number of nitrogens with one attached hydrogen (secondary N) is 1. The molecule has 3 aliphatic rings. The molecular weight excluding hydrogens is 433 g/mol. The van der Waals surface area contributed by atoms with Gasteiger partial charge in [-0.2, -0.15) is 13.2 Å². The number of rotatable bonds is 3. The molecule has 3 atom stereocenters. The first-order valence-corrected chi connectivity index (χ1v) is 10.8. The molecule has 1 aliphatic heterocycles. The first-order valence-electron chi connectivity index (χ1n) is 10.4. The number of halogens is 4. The van der Waals surface area contributed by atoms with Crippen LogP contribution in [0.2, 0.25) is 5.02 Å². The standard InChI is InChI=1S/C21H22ClF3N4O2/c1-11-27-28-18(31-11)20-9-13(21(23,24)25)7-15(10-20)29(20)19(30)26-14-5-6-17(22)16(8-14)12-3-2-4-12/h5-6,8,12-13,15H,2-4,7,9-10H2,1H3,(H,26,30)/t13-,15-,20+/m0/s1. The van der Waals surface area contributed by atoms with Crippen molar-refractivity contribution in [1.29, 1.82) is 0 Å². The number of aryl methyl sites for hydroxylation is 1. The zero-order valence-electron chi connectivity index (χ0n) is 16.9. The van der Waals surface area contributed by atoms with Crippen LogP contribution in [0.15, 0.2) is 22.6 Å². The lowest BCUT2D eigenvalue weighted by Crippen LogP contribution is -2.71. The Kier molecular flexibility index (Phi) is 4.73. The molecule has 2 heterocycles. The Hall–Kier alpha value is -2.29. The van der Waals surface area contributed by atoms with E-state index >= 15 is 0 Å². The van der Waals surface area contributed by atoms with Crippen molar-refractivity contribution >= 4 is 23.3 Å². The molecule has 0 spiro atoms. The van der Waals surface area contributed by atoms with Gasteiger partial charge in [0.1, 0.15) is 5.54 Å². The van der Waals surface area contributed by atoms with E-state index in [0.29, 0.717) is 23.0 Å². The summed E-state index contributed by atoms with van der Waals surface area (Å²) in [5.41, 5.74) is 0.330. The van der Waals surface area contributed by atoms with Crippen LogP contribution in [-0.4, -0.2) is 33.3 Å². The van der Waals surface area contributed by atoms with E-state index in [-0.39, 0.29) is 24.6 Å². The predicted molar refractivity (Wildman–Crippen MR) is 107 cm³/mol. The number of anilines is 1. The number of urea groups is 1. The number of amides is 2. The molecule has 10 heteroatoms. The monoisotopic (exact) mass is 454 g/mol. The summed E-state index contributed by atoms with van der Waals surface area (Å²) in [5, 5.41) is 11.3. The van der Waals surface area contributed by atoms with Gasteiger partial charge in [0.15, 0.2) is 0 Å². The predicted octanol–water partition coefficient (Wildman–Crippen LogP) is 5.77. The van der Waals surface area contributed by atoms with E-state index in [9.17, 15) is 18.0 Å². The molecule has 2 amide bonds. The molecule has 3 fully saturated rings. The van der Waals surface area contributed by atoms with E-state index in [2.05, 4.69) is 15.5 Å². The maximum absolute atomic E-state index is 13.5. The fraction of sp³-hybridized carbons (Fsp3) is 0.571. The molecule has 1 aromatic carbocycles. The Morgan fingerprint density at radius 2 is 2.06 bits per heavy atom. The molecular formula is C21H22ClF3N4O2. The number of hydrogen-bond acceptors (Lipinski definition) is 4. The Bertz CT molecular complexity index is 1020. The van der Waals surface area contributed by atoms with Gasteiger partial charge < -0.3 is 14.6 Å². The minimum Gasteiger partial charge on any atom is -0.423 e. The molecule has 6 nitrogen and oxygen atoms in total. The first-order chi connectivity index (χ1) is 14.7. The smallest absolute Gasteiger partial charge is 0.392 e. The number of alkyl halides is 3. The van der Waals surface area contributed by atoms with Gasteiger partial charge >= 0.3 is 12.2 Å². The number of benzene rings is 1. The minimum atomic E-state index is -4.34. The molecule has 1 saturated heterocycles. The van der Waals surface area contributed by atoms with Crippen LogP contribution >= 0.6 is 11.6 Å². The van der Waals surface area contributed by atoms with Crippen molar-refractivity contribution in [2.45, 2.75) is 69.1 Å². The highest BCUT2D eigenvalue weighted by Gasteiger charge is 2.66. The Morgan fingerprint density at radius 1 is 1.29 bits per heavy atom. The van der Waals surface area contributed by atoms with Crippen molar-refractivity contribution in [2.24, 2.45) is 5.92 Å². The third-order valence-electron chi connectivity index (χ3n) is 6.94. The van der Waals surface area contributed by atoms with Crippen molar-refractivity contribution in [3.8, 4) is 0 Å². The molecule has 2 bridgehead atoms. The average Bonchev–Trinajstić information content (AvgIpc) is 3.09. The van der Waals surface area contributed by atoms with Gasteiger partial charge in [-0.1, -0.05) is 18.0 Å². The second-order valence-corrected chi connectivity index (χ2v) is 9.27. The van der Waals surface area contributed by atoms with Crippen LogP contribution in [0, 0.1) is 12.8 Å². The molecule has 166 valence electrons. The summed E-state index contributed by atoms with van der Waals surface area (Å²) in [4.78, 5) is 14.7. The summed E-state index contributed by atoms with van der Waals surface area (Å²) >= 11 is 6.33. The molecule has 2 aromatic rings. The van der Waals surface area contributed by atoms with Gasteiger partial charge in [0.05, 0.1) is 5.92 Å². The second-order valence-electron chi connectivity index (χ2n) is 8.86. The van der Waals surface area contributed by atoms with Gasteiger partial charge in [0, 0.05) is 30.1 Å². The third-order valence-corrected chi connectivity index (χ3v) is 7.28. The number of hydrogen-bond donors (Lipinski definition) is 1. The molecule has 2 aliphatic carbocycles. The number of nitrogens with zero attached hydrogens (tertiary/aromatic N) is 3. The van der Waals surface area contributed by atoms with Crippen molar-refractivity contribution < 1.29 is 22.4 Å². The van der Waals surface area contributed by atoms with Crippen molar-refractivity contribution in [3.63, 3.8) is 0 Å². The number of likely N-dealkylation sites (tertiary alicyclic amines) is 1. The number of carbonyl (C=O) groups is 1. The maximum atomic E-state index is 13.5. The van der Waals surface area contributed by atoms with E-state index in [1.165, 1.54) is 4.90 Å². The quantitative estimate of drug-likeness (QED) is 0.638. The van der Waals surface area contributed by atoms with Crippen LogP contribution in [0.4, 0.5) is 23.7 Å². The zero-order valence-corrected chi connectivity index (χ0v) is 17.6. The van der Waals surface area contributed by atoms with Crippen LogP contribution in [-0.2, 0) is 5.54 Å². The summed E-state index contributed by atoms with van der Waals surface area (Å²) in [6.45, 7) is 1.58. The van der Waals surface area contributed by atoms with Crippen molar-refractivity contribution in [3.05, 3.63) is 40.6 Å². The second kappa shape index (κ2) is 7.12. The van der Waals surface area contributed by atoms with Crippen LogP contribution in [0.1, 0.15) is 61.8 Å². The summed E-state index contributed by atoms with van der Waals surface area (Å²) in [6, 6.07) is 4.32. The number of fused-ring (bicyclic) bond motifs is 2. The SMILES string of the molecule is Cc1nnc([C@]23C[C@H](C[C@H](C(F)(F)F)C2)N3C(=O)Nc2ccc(Cl)c(C3CCC3)c2)o1. The summed E-state index contributed by atoms with van der Waals surface area (Å²) in [5.74, 6) is -0.807. The van der Waals surface area contributed by atoms with E-state index in [4.69, 9.17) is 16.0 Å². The lowest BCUT2D eigenvalue weighted by Gasteiger charge is -2.61. The van der Waals surface area contributed by atoms with Gasteiger partial charge in [0.2, 0.25) is 11.8 Å². The highest BCUT2D eigenvalue weighted by atomic mass is 35.5. The van der Waals surface area contributed by atoms with Crippen molar-refractivity contribution in [2.75, 3.05) is 5.32 Å². The molecule has 5 rings (SSSR count). The van der Waals surface area contributed by atoms with Gasteiger partial charge in [-0.15, -0.1) is 10.2 Å². The van der Waals surface area contributed by atoms with Gasteiger partial charge in [-0.25, -0.2) is 4.79 Å². The fourth-order valence-electron chi connectivity index (χ4n) is 5.22. The van der Waals surface area contributed by atoms with Gasteiger partial charge in [0.25, 0.3) is 0 Å². The van der Waals surface area contributed by atoms with E-state index in [0.717, 1.165) is 24.8 Å². The molecule has 31 heavy (non-hydrogen) atoms. The summed E-state index contributed by atoms with van der Waals surface area (Å²) in [6.07, 6.45) is -1.10. The van der Waals surface area contributed by atoms with Crippen LogP contribution in [0.25, 0.3) is 0 Å². The lowest BCUT2D eigenvalue weighted by atomic mass is 9.63. The molecule has 2 saturated carbocycles. The van der Waals surface area contributed by atoms with E-state index in [1.54, 1.807) is 19.1 Å². The highest BCUT2D eigenvalue weighted by molar-refractivity contribution is 6.31. The Labute approximate surface area is 182 Å².